The summed E-state index contributed by atoms with van der Waals surface area (Å²) in [5.41, 5.74) is 0.886. The second-order valence-corrected chi connectivity index (χ2v) is 6.21. The van der Waals surface area contributed by atoms with E-state index in [2.05, 4.69) is 0 Å². The highest BCUT2D eigenvalue weighted by molar-refractivity contribution is 6.05. The fraction of sp³-hybridized carbons (Fsp3) is 0.500. The predicted octanol–water partition coefficient (Wildman–Crippen LogP) is 1.95. The van der Waals surface area contributed by atoms with Crippen molar-refractivity contribution in [2.75, 3.05) is 13.2 Å². The highest BCUT2D eigenvalue weighted by Gasteiger charge is 2.47. The van der Waals surface area contributed by atoms with Crippen LogP contribution in [0.1, 0.15) is 31.2 Å². The maximum atomic E-state index is 12.3. The van der Waals surface area contributed by atoms with Gasteiger partial charge in [0.2, 0.25) is 11.8 Å². The van der Waals surface area contributed by atoms with Crippen molar-refractivity contribution in [2.45, 2.75) is 32.1 Å². The lowest BCUT2D eigenvalue weighted by molar-refractivity contribution is -0.148. The van der Waals surface area contributed by atoms with Crippen LogP contribution in [0.25, 0.3) is 0 Å². The summed E-state index contributed by atoms with van der Waals surface area (Å²) >= 11 is 0. The minimum Gasteiger partial charge on any atom is -0.464 e. The number of ether oxygens (including phenoxy) is 1. The molecular weight excluding hydrogens is 294 g/mol. The SMILES string of the molecule is O=C(Cc1ccccc1)OCCN1C(=O)C2CCCCC2C1=O. The number of benzene rings is 1. The van der Waals surface area contributed by atoms with Crippen molar-refractivity contribution in [2.24, 2.45) is 11.8 Å². The van der Waals surface area contributed by atoms with E-state index in [1.807, 2.05) is 30.3 Å². The van der Waals surface area contributed by atoms with Gasteiger partial charge in [-0.2, -0.15) is 0 Å². The van der Waals surface area contributed by atoms with Crippen LogP contribution in [0, 0.1) is 11.8 Å². The van der Waals surface area contributed by atoms with Gasteiger partial charge < -0.3 is 4.74 Å². The minimum absolute atomic E-state index is 0.0720. The number of amides is 2. The van der Waals surface area contributed by atoms with E-state index in [0.29, 0.717) is 0 Å². The van der Waals surface area contributed by atoms with Crippen molar-refractivity contribution in [3.8, 4) is 0 Å². The molecule has 1 aliphatic heterocycles. The number of imide groups is 1. The summed E-state index contributed by atoms with van der Waals surface area (Å²) in [5.74, 6) is -0.794. The smallest absolute Gasteiger partial charge is 0.310 e. The van der Waals surface area contributed by atoms with E-state index >= 15 is 0 Å². The molecule has 0 bridgehead atoms. The lowest BCUT2D eigenvalue weighted by Gasteiger charge is -2.19. The number of rotatable bonds is 5. The van der Waals surface area contributed by atoms with E-state index in [1.165, 1.54) is 4.90 Å². The first-order valence-corrected chi connectivity index (χ1v) is 8.21. The molecule has 0 aromatic heterocycles. The third kappa shape index (κ3) is 3.44. The largest absolute Gasteiger partial charge is 0.464 e. The van der Waals surface area contributed by atoms with Gasteiger partial charge in [-0.05, 0) is 18.4 Å². The van der Waals surface area contributed by atoms with E-state index in [1.54, 1.807) is 0 Å². The number of carbonyl (C=O) groups is 3. The normalized spacial score (nSPS) is 23.7. The summed E-state index contributed by atoms with van der Waals surface area (Å²) in [6, 6.07) is 9.34. The molecule has 2 atom stereocenters. The van der Waals surface area contributed by atoms with Gasteiger partial charge in [0, 0.05) is 0 Å². The molecule has 0 radical (unpaired) electrons. The van der Waals surface area contributed by atoms with Gasteiger partial charge in [0.05, 0.1) is 24.8 Å². The fourth-order valence-electron chi connectivity index (χ4n) is 3.52. The average Bonchev–Trinajstić information content (AvgIpc) is 2.81. The predicted molar refractivity (Wildman–Crippen MR) is 83.3 cm³/mol. The monoisotopic (exact) mass is 315 g/mol. The summed E-state index contributed by atoms with van der Waals surface area (Å²) in [5, 5.41) is 0. The number of hydrogen-bond donors (Lipinski definition) is 0. The molecule has 0 N–H and O–H groups in total. The van der Waals surface area contributed by atoms with Crippen molar-refractivity contribution in [1.82, 2.24) is 4.90 Å². The Bertz CT molecular complexity index is 574. The zero-order chi connectivity index (χ0) is 16.2. The first-order chi connectivity index (χ1) is 11.2. The zero-order valence-corrected chi connectivity index (χ0v) is 13.1. The standard InChI is InChI=1S/C18H21NO4/c20-16(12-13-6-2-1-3-7-13)23-11-10-19-17(21)14-8-4-5-9-15(14)18(19)22/h1-3,6-7,14-15H,4-5,8-12H2. The lowest BCUT2D eigenvalue weighted by Crippen LogP contribution is -2.34. The minimum atomic E-state index is -0.340. The van der Waals surface area contributed by atoms with Crippen LogP contribution in [0.15, 0.2) is 30.3 Å². The van der Waals surface area contributed by atoms with Gasteiger partial charge in [-0.3, -0.25) is 19.3 Å². The van der Waals surface area contributed by atoms with E-state index < -0.39 is 0 Å². The van der Waals surface area contributed by atoms with Crippen LogP contribution in [0.3, 0.4) is 0 Å². The molecule has 1 saturated heterocycles. The van der Waals surface area contributed by atoms with Gasteiger partial charge in [-0.25, -0.2) is 0 Å². The van der Waals surface area contributed by atoms with Crippen LogP contribution in [-0.2, 0) is 25.5 Å². The molecule has 1 saturated carbocycles. The molecule has 2 amide bonds. The van der Waals surface area contributed by atoms with Crippen molar-refractivity contribution < 1.29 is 19.1 Å². The van der Waals surface area contributed by atoms with Gasteiger partial charge in [0.15, 0.2) is 0 Å². The lowest BCUT2D eigenvalue weighted by atomic mass is 9.81. The van der Waals surface area contributed by atoms with Crippen molar-refractivity contribution in [3.05, 3.63) is 35.9 Å². The number of likely N-dealkylation sites (tertiary alicyclic amines) is 1. The molecule has 1 aliphatic carbocycles. The van der Waals surface area contributed by atoms with Crippen molar-refractivity contribution >= 4 is 17.8 Å². The summed E-state index contributed by atoms with van der Waals surface area (Å²) in [6.45, 7) is 0.244. The molecule has 2 aliphatic rings. The van der Waals surface area contributed by atoms with Gasteiger partial charge in [0.1, 0.15) is 6.61 Å². The Morgan fingerprint density at radius 1 is 1.04 bits per heavy atom. The molecule has 2 fully saturated rings. The number of esters is 1. The molecule has 5 heteroatoms. The van der Waals surface area contributed by atoms with Crippen LogP contribution in [0.2, 0.25) is 0 Å². The third-order valence-corrected chi connectivity index (χ3v) is 4.70. The molecule has 3 rings (SSSR count). The summed E-state index contributed by atoms with van der Waals surface area (Å²) in [6.07, 6.45) is 3.84. The van der Waals surface area contributed by atoms with Crippen LogP contribution in [-0.4, -0.2) is 35.8 Å². The first-order valence-electron chi connectivity index (χ1n) is 8.21. The Kier molecular flexibility index (Phi) is 4.74. The third-order valence-electron chi connectivity index (χ3n) is 4.70. The van der Waals surface area contributed by atoms with Crippen LogP contribution in [0.4, 0.5) is 0 Å². The summed E-state index contributed by atoms with van der Waals surface area (Å²) in [7, 11) is 0. The molecule has 5 nitrogen and oxygen atoms in total. The van der Waals surface area contributed by atoms with Gasteiger partial charge in [0.25, 0.3) is 0 Å². The topological polar surface area (TPSA) is 63.7 Å². The van der Waals surface area contributed by atoms with Crippen molar-refractivity contribution in [3.63, 3.8) is 0 Å². The zero-order valence-electron chi connectivity index (χ0n) is 13.1. The number of nitrogens with zero attached hydrogens (tertiary/aromatic N) is 1. The Morgan fingerprint density at radius 2 is 1.65 bits per heavy atom. The highest BCUT2D eigenvalue weighted by Crippen LogP contribution is 2.37. The molecule has 122 valence electrons. The number of fused-ring (bicyclic) bond motifs is 1. The van der Waals surface area contributed by atoms with Crippen LogP contribution in [0.5, 0.6) is 0 Å². The molecule has 1 heterocycles. The van der Waals surface area contributed by atoms with Gasteiger partial charge >= 0.3 is 5.97 Å². The molecule has 1 aromatic carbocycles. The maximum absolute atomic E-state index is 12.3. The Labute approximate surface area is 135 Å². The Morgan fingerprint density at radius 3 is 2.26 bits per heavy atom. The van der Waals surface area contributed by atoms with Crippen LogP contribution < -0.4 is 0 Å². The maximum Gasteiger partial charge on any atom is 0.310 e. The molecule has 0 spiro atoms. The van der Waals surface area contributed by atoms with Crippen molar-refractivity contribution in [1.29, 1.82) is 0 Å². The second-order valence-electron chi connectivity index (χ2n) is 6.21. The summed E-state index contributed by atoms with van der Waals surface area (Å²) < 4.78 is 5.17. The fourth-order valence-corrected chi connectivity index (χ4v) is 3.52. The molecule has 2 unspecified atom stereocenters. The summed E-state index contributed by atoms with van der Waals surface area (Å²) in [4.78, 5) is 37.6. The Balaban J connectivity index is 1.48. The highest BCUT2D eigenvalue weighted by atomic mass is 16.5. The van der Waals surface area contributed by atoms with Crippen LogP contribution >= 0.6 is 0 Å². The van der Waals surface area contributed by atoms with E-state index in [-0.39, 0.29) is 49.2 Å². The molecular formula is C18H21NO4. The molecule has 1 aromatic rings. The number of carbonyl (C=O) groups excluding carboxylic acids is 3. The van der Waals surface area contributed by atoms with E-state index in [4.69, 9.17) is 4.74 Å². The second kappa shape index (κ2) is 6.94. The quantitative estimate of drug-likeness (QED) is 0.615. The molecule has 23 heavy (non-hydrogen) atoms. The Hall–Kier alpha value is -2.17. The van der Waals surface area contributed by atoms with Gasteiger partial charge in [-0.15, -0.1) is 0 Å². The average molecular weight is 315 g/mol. The number of hydrogen-bond acceptors (Lipinski definition) is 4. The van der Waals surface area contributed by atoms with E-state index in [0.717, 1.165) is 31.2 Å². The first kappa shape index (κ1) is 15.7. The van der Waals surface area contributed by atoms with Gasteiger partial charge in [-0.1, -0.05) is 43.2 Å². The van der Waals surface area contributed by atoms with E-state index in [9.17, 15) is 14.4 Å².